The predicted octanol–water partition coefficient (Wildman–Crippen LogP) is 6.17. The summed E-state index contributed by atoms with van der Waals surface area (Å²) in [7, 11) is 0. The largest absolute Gasteiger partial charge is 3.00 e. The molecule has 0 aliphatic heterocycles. The molecule has 0 amide bonds. The van der Waals surface area contributed by atoms with Gasteiger partial charge in [-0.1, -0.05) is 145 Å². The Morgan fingerprint density at radius 2 is 1.13 bits per heavy atom. The van der Waals surface area contributed by atoms with Crippen LogP contribution in [-0.2, 0) is 37.0 Å². The quantitative estimate of drug-likeness (QED) is 0.196. The van der Waals surface area contributed by atoms with Gasteiger partial charge in [0.15, 0.2) is 0 Å². The molecule has 0 heterocycles. The van der Waals surface area contributed by atoms with Crippen molar-refractivity contribution in [2.24, 2.45) is 0 Å². The van der Waals surface area contributed by atoms with Crippen LogP contribution in [-0.4, -0.2) is 0 Å². The molecule has 0 saturated heterocycles. The van der Waals surface area contributed by atoms with E-state index in [1.807, 2.05) is 0 Å². The third-order valence-corrected chi connectivity index (χ3v) is 9.30. The zero-order valence-electron chi connectivity index (χ0n) is 28.1. The van der Waals surface area contributed by atoms with Crippen LogP contribution in [0.4, 0.5) is 0 Å². The van der Waals surface area contributed by atoms with Gasteiger partial charge in [-0.25, -0.2) is 0 Å². The summed E-state index contributed by atoms with van der Waals surface area (Å²) in [5.74, 6) is 0.687. The van der Waals surface area contributed by atoms with E-state index in [2.05, 4.69) is 159 Å². The van der Waals surface area contributed by atoms with Crippen LogP contribution in [0.15, 0.2) is 96.6 Å². The van der Waals surface area contributed by atoms with E-state index in [9.17, 15) is 0 Å². The third kappa shape index (κ3) is 6.88. The SMILES string of the molecule is CC1=Cc2c(-c3ccc(C(C)(C)C)cc3)cccc2C1c1c(C(C)C)[cH-]c2cccc(-c3ccc(C(C)(C)C)cc3)c12.[Cl-].[Cl-].[Zr+3]. The molecule has 0 spiro atoms. The molecule has 1 radical (unpaired) electrons. The van der Waals surface area contributed by atoms with Gasteiger partial charge in [0.05, 0.1) is 0 Å². The molecule has 0 aromatic heterocycles. The molecule has 231 valence electrons. The summed E-state index contributed by atoms with van der Waals surface area (Å²) in [5, 5.41) is 2.76. The van der Waals surface area contributed by atoms with Crippen LogP contribution in [0.1, 0.15) is 108 Å². The van der Waals surface area contributed by atoms with E-state index in [1.54, 1.807) is 0 Å². The Hall–Kier alpha value is -2.31. The van der Waals surface area contributed by atoms with Crippen molar-refractivity contribution in [3.8, 4) is 22.3 Å². The molecule has 6 rings (SSSR count). The molecule has 1 atom stereocenters. The van der Waals surface area contributed by atoms with Gasteiger partial charge < -0.3 is 24.8 Å². The summed E-state index contributed by atoms with van der Waals surface area (Å²) in [6.07, 6.45) is 2.46. The molecule has 1 unspecified atom stereocenters. The molecule has 0 nitrogen and oxygen atoms in total. The number of hydrogen-bond donors (Lipinski definition) is 0. The van der Waals surface area contributed by atoms with Crippen LogP contribution in [0, 0.1) is 0 Å². The molecule has 45 heavy (non-hydrogen) atoms. The van der Waals surface area contributed by atoms with Crippen molar-refractivity contribution in [3.05, 3.63) is 130 Å². The zero-order chi connectivity index (χ0) is 30.0. The van der Waals surface area contributed by atoms with E-state index >= 15 is 0 Å². The number of hydrogen-bond acceptors (Lipinski definition) is 0. The molecular weight excluding hydrogens is 667 g/mol. The minimum absolute atomic E-state index is 0. The van der Waals surface area contributed by atoms with Crippen molar-refractivity contribution in [3.63, 3.8) is 0 Å². The summed E-state index contributed by atoms with van der Waals surface area (Å²) in [6, 6.07) is 34.7. The molecular formula is C42H45Cl2Zr. The van der Waals surface area contributed by atoms with Gasteiger partial charge >= 0.3 is 26.2 Å². The number of halogens is 2. The fraction of sp³-hybridized carbons (Fsp3) is 0.310. The number of allylic oxidation sites excluding steroid dienone is 1. The smallest absolute Gasteiger partial charge is 1.00 e. The Labute approximate surface area is 303 Å². The molecule has 1 aliphatic carbocycles. The molecule has 0 N–H and O–H groups in total. The average molecular weight is 712 g/mol. The van der Waals surface area contributed by atoms with E-state index < -0.39 is 0 Å². The van der Waals surface area contributed by atoms with Crippen LogP contribution in [0.25, 0.3) is 39.1 Å². The Kier molecular flexibility index (Phi) is 11.4. The normalized spacial score (nSPS) is 14.4. The van der Waals surface area contributed by atoms with Gasteiger partial charge in [-0.3, -0.25) is 0 Å². The summed E-state index contributed by atoms with van der Waals surface area (Å²) in [6.45, 7) is 20.7. The molecule has 0 saturated carbocycles. The minimum atomic E-state index is 0. The zero-order valence-corrected chi connectivity index (χ0v) is 32.1. The van der Waals surface area contributed by atoms with Gasteiger partial charge in [0.2, 0.25) is 0 Å². The minimum Gasteiger partial charge on any atom is -1.00 e. The van der Waals surface area contributed by atoms with E-state index in [4.69, 9.17) is 0 Å². The third-order valence-electron chi connectivity index (χ3n) is 9.30. The maximum atomic E-state index is 2.46. The predicted molar refractivity (Wildman–Crippen MR) is 184 cm³/mol. The monoisotopic (exact) mass is 709 g/mol. The molecule has 5 aromatic carbocycles. The Bertz CT molecular complexity index is 1800. The van der Waals surface area contributed by atoms with Crippen molar-refractivity contribution in [2.75, 3.05) is 0 Å². The van der Waals surface area contributed by atoms with Crippen molar-refractivity contribution < 1.29 is 51.0 Å². The molecule has 3 heteroatoms. The fourth-order valence-electron chi connectivity index (χ4n) is 6.90. The van der Waals surface area contributed by atoms with Crippen molar-refractivity contribution in [1.82, 2.24) is 0 Å². The molecule has 1 aliphatic rings. The van der Waals surface area contributed by atoms with Crippen molar-refractivity contribution in [2.45, 2.75) is 85.0 Å². The van der Waals surface area contributed by atoms with E-state index in [1.165, 1.54) is 72.0 Å². The maximum Gasteiger partial charge on any atom is 3.00 e. The molecule has 0 bridgehead atoms. The first-order chi connectivity index (χ1) is 19.8. The first-order valence-corrected chi connectivity index (χ1v) is 15.6. The van der Waals surface area contributed by atoms with E-state index in [-0.39, 0.29) is 67.8 Å². The van der Waals surface area contributed by atoms with Gasteiger partial charge in [0.1, 0.15) is 0 Å². The topological polar surface area (TPSA) is 0 Å². The van der Waals surface area contributed by atoms with Crippen LogP contribution in [0.2, 0.25) is 0 Å². The summed E-state index contributed by atoms with van der Waals surface area (Å²) < 4.78 is 0. The van der Waals surface area contributed by atoms with Gasteiger partial charge in [-0.15, -0.1) is 40.1 Å². The number of fused-ring (bicyclic) bond motifs is 2. The fourth-order valence-corrected chi connectivity index (χ4v) is 6.90. The van der Waals surface area contributed by atoms with Crippen LogP contribution >= 0.6 is 0 Å². The van der Waals surface area contributed by atoms with E-state index in [0.29, 0.717) is 5.92 Å². The second-order valence-electron chi connectivity index (χ2n) is 14.7. The van der Waals surface area contributed by atoms with Gasteiger partial charge in [0.25, 0.3) is 0 Å². The maximum absolute atomic E-state index is 2.46. The Morgan fingerprint density at radius 1 is 0.644 bits per heavy atom. The van der Waals surface area contributed by atoms with E-state index in [0.717, 1.165) is 0 Å². The summed E-state index contributed by atoms with van der Waals surface area (Å²) in [4.78, 5) is 0. The second kappa shape index (κ2) is 13.8. The van der Waals surface area contributed by atoms with Crippen LogP contribution in [0.3, 0.4) is 0 Å². The van der Waals surface area contributed by atoms with Gasteiger partial charge in [-0.2, -0.15) is 0 Å². The van der Waals surface area contributed by atoms with Crippen molar-refractivity contribution >= 4 is 16.8 Å². The van der Waals surface area contributed by atoms with Gasteiger partial charge in [-0.05, 0) is 68.5 Å². The van der Waals surface area contributed by atoms with Crippen LogP contribution in [0.5, 0.6) is 0 Å². The average Bonchev–Trinajstić information content (AvgIpc) is 3.49. The summed E-state index contributed by atoms with van der Waals surface area (Å²) >= 11 is 0. The second-order valence-corrected chi connectivity index (χ2v) is 14.7. The van der Waals surface area contributed by atoms with Crippen LogP contribution < -0.4 is 24.8 Å². The standard InChI is InChI=1S/C42H45.2ClH.Zr/c1-26(2)36-25-30-12-10-14-34(29-18-22-32(23-19-29)42(7,8)9)39(30)40(36)38-27(3)24-37-33(13-11-15-35(37)38)28-16-20-31(21-17-28)41(4,5)6;;;/h10-26,38H,1-9H3;2*1H;/q-1;;;+3/p-2. The van der Waals surface area contributed by atoms with Gasteiger partial charge in [0, 0.05) is 0 Å². The Balaban J connectivity index is 0.00000184. The number of benzene rings is 4. The summed E-state index contributed by atoms with van der Waals surface area (Å²) in [5.41, 5.74) is 15.5. The first kappa shape index (κ1) is 37.2. The van der Waals surface area contributed by atoms with Crippen molar-refractivity contribution in [1.29, 1.82) is 0 Å². The first-order valence-electron chi connectivity index (χ1n) is 15.6. The Morgan fingerprint density at radius 3 is 1.64 bits per heavy atom. The number of rotatable bonds is 4. The molecule has 5 aromatic rings. The molecule has 0 fully saturated rings.